The first-order valence-corrected chi connectivity index (χ1v) is 10.1. The fourth-order valence-electron chi connectivity index (χ4n) is 3.17. The summed E-state index contributed by atoms with van der Waals surface area (Å²) in [5, 5.41) is 1.40. The summed E-state index contributed by atoms with van der Waals surface area (Å²) in [6, 6.07) is 15.8. The summed E-state index contributed by atoms with van der Waals surface area (Å²) in [5.74, 6) is 0. The summed E-state index contributed by atoms with van der Waals surface area (Å²) in [4.78, 5) is 14.4. The number of halogens is 1. The maximum Gasteiger partial charge on any atom is 0.197 e. The van der Waals surface area contributed by atoms with Gasteiger partial charge in [0.15, 0.2) is 5.43 Å². The molecule has 3 aromatic rings. The number of thioether (sulfide) groups is 1. The fourth-order valence-corrected chi connectivity index (χ4v) is 4.60. The van der Waals surface area contributed by atoms with Crippen LogP contribution in [0.1, 0.15) is 19.3 Å². The van der Waals surface area contributed by atoms with Crippen LogP contribution in [0.2, 0.25) is 5.02 Å². The van der Waals surface area contributed by atoms with Crippen LogP contribution in [-0.4, -0.2) is 9.82 Å². The minimum Gasteiger partial charge on any atom is -0.356 e. The first kappa shape index (κ1) is 17.4. The summed E-state index contributed by atoms with van der Waals surface area (Å²) < 4.78 is 1.95. The Morgan fingerprint density at radius 2 is 1.69 bits per heavy atom. The van der Waals surface area contributed by atoms with Gasteiger partial charge in [0.2, 0.25) is 0 Å². The zero-order chi connectivity index (χ0) is 18.1. The highest BCUT2D eigenvalue weighted by Gasteiger charge is 2.19. The molecule has 1 fully saturated rings. The van der Waals surface area contributed by atoms with Crippen molar-refractivity contribution in [1.82, 2.24) is 4.57 Å². The molecule has 0 bridgehead atoms. The molecule has 1 aliphatic carbocycles. The summed E-state index contributed by atoms with van der Waals surface area (Å²) >= 11 is 7.92. The number of aromatic nitrogens is 1. The molecule has 0 saturated heterocycles. The van der Waals surface area contributed by atoms with Crippen molar-refractivity contribution in [3.05, 3.63) is 76.2 Å². The number of pyridine rings is 1. The maximum atomic E-state index is 13.2. The van der Waals surface area contributed by atoms with Crippen LogP contribution in [0.5, 0.6) is 0 Å². The Kier molecular flexibility index (Phi) is 4.92. The van der Waals surface area contributed by atoms with Gasteiger partial charge in [0.05, 0.1) is 0 Å². The third-order valence-electron chi connectivity index (χ3n) is 4.81. The fraction of sp³-hybridized carbons (Fsp3) is 0.227. The Balaban J connectivity index is 1.76. The van der Waals surface area contributed by atoms with Crippen molar-refractivity contribution in [2.45, 2.75) is 29.4 Å². The van der Waals surface area contributed by atoms with E-state index in [1.54, 1.807) is 0 Å². The average Bonchev–Trinajstić information content (AvgIpc) is 2.61. The van der Waals surface area contributed by atoms with Crippen molar-refractivity contribution in [3.8, 4) is 22.3 Å². The monoisotopic (exact) mass is 381 g/mol. The number of benzene rings is 2. The topological polar surface area (TPSA) is 22.0 Å². The largest absolute Gasteiger partial charge is 0.356 e. The Morgan fingerprint density at radius 1 is 1.00 bits per heavy atom. The number of hydrogen-bond donors (Lipinski definition) is 0. The van der Waals surface area contributed by atoms with Crippen LogP contribution in [0, 0.1) is 0 Å². The zero-order valence-corrected chi connectivity index (χ0v) is 16.2. The van der Waals surface area contributed by atoms with Gasteiger partial charge in [-0.1, -0.05) is 42.3 Å². The minimum atomic E-state index is 0.0521. The molecule has 1 aliphatic rings. The van der Waals surface area contributed by atoms with Gasteiger partial charge < -0.3 is 4.57 Å². The van der Waals surface area contributed by atoms with E-state index in [4.69, 9.17) is 11.6 Å². The second-order valence-corrected chi connectivity index (χ2v) is 8.60. The SMILES string of the molecule is Cn1cc(-c2ccc(Cl)cc2)c(=O)c(-c2cccc(SC3CCC3)c2)c1. The van der Waals surface area contributed by atoms with Crippen LogP contribution in [0.15, 0.2) is 70.6 Å². The predicted molar refractivity (Wildman–Crippen MR) is 111 cm³/mol. The number of hydrogen-bond acceptors (Lipinski definition) is 2. The van der Waals surface area contributed by atoms with Gasteiger partial charge in [-0.3, -0.25) is 4.79 Å². The van der Waals surface area contributed by atoms with Gasteiger partial charge in [-0.05, 0) is 48.2 Å². The highest BCUT2D eigenvalue weighted by molar-refractivity contribution is 8.00. The Bertz CT molecular complexity index is 990. The van der Waals surface area contributed by atoms with Crippen molar-refractivity contribution >= 4 is 23.4 Å². The molecule has 0 amide bonds. The molecule has 2 aromatic carbocycles. The van der Waals surface area contributed by atoms with E-state index >= 15 is 0 Å². The molecule has 1 heterocycles. The van der Waals surface area contributed by atoms with E-state index in [2.05, 4.69) is 12.1 Å². The first-order chi connectivity index (χ1) is 12.6. The van der Waals surface area contributed by atoms with Crippen LogP contribution in [0.25, 0.3) is 22.3 Å². The molecular formula is C22H20ClNOS. The molecular weight excluding hydrogens is 362 g/mol. The lowest BCUT2D eigenvalue weighted by molar-refractivity contribution is 0.522. The number of aryl methyl sites for hydroxylation is 1. The lowest BCUT2D eigenvalue weighted by Gasteiger charge is -2.24. The molecule has 1 aromatic heterocycles. The van der Waals surface area contributed by atoms with Crippen LogP contribution in [-0.2, 0) is 7.05 Å². The van der Waals surface area contributed by atoms with Gasteiger partial charge in [0, 0.05) is 45.7 Å². The molecule has 0 aliphatic heterocycles. The molecule has 0 unspecified atom stereocenters. The summed E-state index contributed by atoms with van der Waals surface area (Å²) in [5.41, 5.74) is 3.34. The molecule has 4 rings (SSSR count). The molecule has 132 valence electrons. The highest BCUT2D eigenvalue weighted by atomic mass is 35.5. The third-order valence-corrected chi connectivity index (χ3v) is 6.39. The van der Waals surface area contributed by atoms with Gasteiger partial charge in [-0.2, -0.15) is 0 Å². The number of nitrogens with zero attached hydrogens (tertiary/aromatic N) is 1. The predicted octanol–water partition coefficient (Wildman–Crippen LogP) is 6.02. The van der Waals surface area contributed by atoms with Gasteiger partial charge in [-0.15, -0.1) is 11.8 Å². The van der Waals surface area contributed by atoms with Crippen molar-refractivity contribution in [3.63, 3.8) is 0 Å². The van der Waals surface area contributed by atoms with Crippen molar-refractivity contribution in [2.24, 2.45) is 7.05 Å². The Morgan fingerprint density at radius 3 is 2.35 bits per heavy atom. The summed E-state index contributed by atoms with van der Waals surface area (Å²) in [7, 11) is 1.95. The van der Waals surface area contributed by atoms with Crippen molar-refractivity contribution in [2.75, 3.05) is 0 Å². The van der Waals surface area contributed by atoms with E-state index in [-0.39, 0.29) is 5.43 Å². The summed E-state index contributed by atoms with van der Waals surface area (Å²) in [6.07, 6.45) is 7.71. The Hall–Kier alpha value is -1.97. The molecule has 4 heteroatoms. The summed E-state index contributed by atoms with van der Waals surface area (Å²) in [6.45, 7) is 0. The van der Waals surface area contributed by atoms with Gasteiger partial charge in [0.1, 0.15) is 0 Å². The van der Waals surface area contributed by atoms with Crippen LogP contribution < -0.4 is 5.43 Å². The van der Waals surface area contributed by atoms with Crippen molar-refractivity contribution < 1.29 is 0 Å². The molecule has 1 saturated carbocycles. The van der Waals surface area contributed by atoms with Crippen LogP contribution >= 0.6 is 23.4 Å². The third kappa shape index (κ3) is 3.60. The van der Waals surface area contributed by atoms with E-state index in [0.717, 1.165) is 21.9 Å². The lowest BCUT2D eigenvalue weighted by atomic mass is 10.00. The molecule has 0 N–H and O–H groups in total. The second-order valence-electron chi connectivity index (χ2n) is 6.79. The molecule has 0 spiro atoms. The lowest BCUT2D eigenvalue weighted by Crippen LogP contribution is -2.13. The first-order valence-electron chi connectivity index (χ1n) is 8.83. The van der Waals surface area contributed by atoms with E-state index in [1.165, 1.54) is 24.2 Å². The molecule has 2 nitrogen and oxygen atoms in total. The molecule has 26 heavy (non-hydrogen) atoms. The normalized spacial score (nSPS) is 14.2. The second kappa shape index (κ2) is 7.34. The van der Waals surface area contributed by atoms with Gasteiger partial charge in [0.25, 0.3) is 0 Å². The smallest absolute Gasteiger partial charge is 0.197 e. The molecule has 0 radical (unpaired) electrons. The maximum absolute atomic E-state index is 13.2. The van der Waals surface area contributed by atoms with E-state index < -0.39 is 0 Å². The molecule has 0 atom stereocenters. The minimum absolute atomic E-state index is 0.0521. The highest BCUT2D eigenvalue weighted by Crippen LogP contribution is 2.37. The van der Waals surface area contributed by atoms with Gasteiger partial charge in [-0.25, -0.2) is 0 Å². The van der Waals surface area contributed by atoms with E-state index in [9.17, 15) is 4.79 Å². The zero-order valence-electron chi connectivity index (χ0n) is 14.6. The van der Waals surface area contributed by atoms with Crippen LogP contribution in [0.3, 0.4) is 0 Å². The average molecular weight is 382 g/mol. The van der Waals surface area contributed by atoms with Crippen molar-refractivity contribution in [1.29, 1.82) is 0 Å². The standard InChI is InChI=1S/C22H20ClNOS/c1-24-13-20(15-8-10-17(23)11-9-15)22(25)21(14-24)16-4-2-7-19(12-16)26-18-5-3-6-18/h2,4,7-14,18H,3,5-6H2,1H3. The quantitative estimate of drug-likeness (QED) is 0.551. The van der Waals surface area contributed by atoms with Gasteiger partial charge >= 0.3 is 0 Å². The Labute approximate surface area is 162 Å². The number of rotatable bonds is 4. The van der Waals surface area contributed by atoms with Crippen LogP contribution in [0.4, 0.5) is 0 Å². The van der Waals surface area contributed by atoms with E-state index in [0.29, 0.717) is 10.6 Å². The van der Waals surface area contributed by atoms with E-state index in [1.807, 2.05) is 72.2 Å².